The molecule has 0 aromatic carbocycles. The Labute approximate surface area is 97.8 Å². The Morgan fingerprint density at radius 2 is 2.38 bits per heavy atom. The summed E-state index contributed by atoms with van der Waals surface area (Å²) in [5, 5.41) is 0. The van der Waals surface area contributed by atoms with Crippen molar-refractivity contribution in [1.82, 2.24) is 9.55 Å². The van der Waals surface area contributed by atoms with E-state index in [2.05, 4.69) is 4.98 Å². The van der Waals surface area contributed by atoms with E-state index in [1.807, 2.05) is 0 Å². The monoisotopic (exact) mass is 236 g/mol. The molecule has 2 atom stereocenters. The molecular weight excluding hydrogens is 227 g/mol. The van der Waals surface area contributed by atoms with Gasteiger partial charge in [0.1, 0.15) is 14.1 Å². The van der Waals surface area contributed by atoms with Gasteiger partial charge in [-0.15, -0.1) is 0 Å². The maximum absolute atomic E-state index is 11.3. The highest BCUT2D eigenvalue weighted by atomic mass is 32.1. The minimum atomic E-state index is -0.487. The van der Waals surface area contributed by atoms with Gasteiger partial charge < -0.3 is 4.74 Å². The molecule has 2 radical (unpaired) electrons. The number of H-pyrrole nitrogens is 1. The van der Waals surface area contributed by atoms with E-state index in [0.717, 1.165) is 6.42 Å². The zero-order valence-corrected chi connectivity index (χ0v) is 9.20. The van der Waals surface area contributed by atoms with Crippen LogP contribution < -0.4 is 5.56 Å². The Balaban J connectivity index is 2.45. The molecule has 1 aliphatic rings. The number of hydrogen-bond acceptors (Lipinski definition) is 4. The predicted molar refractivity (Wildman–Crippen MR) is 60.2 cm³/mol. The first-order valence-electron chi connectivity index (χ1n) is 4.83. The van der Waals surface area contributed by atoms with Crippen LogP contribution in [-0.2, 0) is 4.74 Å². The van der Waals surface area contributed by atoms with Gasteiger partial charge >= 0.3 is 0 Å². The molecule has 2 heterocycles. The van der Waals surface area contributed by atoms with Gasteiger partial charge in [0.2, 0.25) is 0 Å². The van der Waals surface area contributed by atoms with Crippen LogP contribution in [0.25, 0.3) is 0 Å². The van der Waals surface area contributed by atoms with Gasteiger partial charge in [0.25, 0.3) is 5.56 Å². The van der Waals surface area contributed by atoms with Gasteiger partial charge in [0, 0.05) is 12.2 Å². The predicted octanol–water partition coefficient (Wildman–Crippen LogP) is 0.522. The number of nitrogens with zero attached hydrogens (tertiary/aromatic N) is 1. The van der Waals surface area contributed by atoms with E-state index in [-0.39, 0.29) is 22.6 Å². The third-order valence-corrected chi connectivity index (χ3v) is 2.78. The molecule has 1 N–H and O–H groups in total. The van der Waals surface area contributed by atoms with E-state index >= 15 is 0 Å². The molecule has 1 saturated heterocycles. The zero-order valence-electron chi connectivity index (χ0n) is 8.38. The van der Waals surface area contributed by atoms with Crippen LogP contribution in [0.4, 0.5) is 0 Å². The molecule has 2 rings (SSSR count). The summed E-state index contributed by atoms with van der Waals surface area (Å²) in [5.74, 6) is 0. The molecule has 1 aromatic heterocycles. The first-order chi connectivity index (χ1) is 7.61. The van der Waals surface area contributed by atoms with Crippen molar-refractivity contribution in [1.29, 1.82) is 0 Å². The smallest absolute Gasteiger partial charge is 0.262 e. The summed E-state index contributed by atoms with van der Waals surface area (Å²) in [5.41, 5.74) is -0.462. The number of carbonyl (C=O) groups excluding carboxylic acids is 1. The topological polar surface area (TPSA) is 64.1 Å². The van der Waals surface area contributed by atoms with Crippen molar-refractivity contribution in [2.24, 2.45) is 0 Å². The van der Waals surface area contributed by atoms with E-state index in [0.29, 0.717) is 12.7 Å². The molecule has 0 bridgehead atoms. The largest absolute Gasteiger partial charge is 0.365 e. The molecule has 0 spiro atoms. The highest BCUT2D eigenvalue weighted by Gasteiger charge is 2.23. The number of nitrogens with one attached hydrogen (secondary N) is 1. The van der Waals surface area contributed by atoms with Crippen molar-refractivity contribution >= 4 is 26.4 Å². The standard InChI is InChI=1S/C9H9BN2O3S/c10-6-1-2-7(15-6)12-3-5(4-13)8(14)11-9(12)16/h3-4,6-7H,1-2H2,(H,11,14,16)/t6-,7+/m0/s1. The Morgan fingerprint density at radius 1 is 1.62 bits per heavy atom. The van der Waals surface area contributed by atoms with Crippen LogP contribution in [-0.4, -0.2) is 29.7 Å². The number of carbonyl (C=O) groups is 1. The first kappa shape index (κ1) is 11.3. The maximum Gasteiger partial charge on any atom is 0.262 e. The van der Waals surface area contributed by atoms with Crippen LogP contribution in [0.3, 0.4) is 0 Å². The molecule has 1 aliphatic heterocycles. The Hall–Kier alpha value is -1.21. The third-order valence-electron chi connectivity index (χ3n) is 2.46. The lowest BCUT2D eigenvalue weighted by Crippen LogP contribution is -2.21. The fourth-order valence-corrected chi connectivity index (χ4v) is 1.91. The maximum atomic E-state index is 11.3. The molecule has 82 valence electrons. The molecule has 1 fully saturated rings. The van der Waals surface area contributed by atoms with Gasteiger partial charge in [-0.25, -0.2) is 0 Å². The van der Waals surface area contributed by atoms with Gasteiger partial charge in [0.05, 0.1) is 5.56 Å². The summed E-state index contributed by atoms with van der Waals surface area (Å²) >= 11 is 4.99. The summed E-state index contributed by atoms with van der Waals surface area (Å²) < 4.78 is 7.18. The molecule has 0 unspecified atom stereocenters. The normalized spacial score (nSPS) is 24.5. The lowest BCUT2D eigenvalue weighted by atomic mass is 9.98. The quantitative estimate of drug-likeness (QED) is 0.462. The van der Waals surface area contributed by atoms with Gasteiger partial charge in [-0.2, -0.15) is 0 Å². The van der Waals surface area contributed by atoms with Crippen molar-refractivity contribution in [3.8, 4) is 0 Å². The fourth-order valence-electron chi connectivity index (χ4n) is 1.65. The highest BCUT2D eigenvalue weighted by molar-refractivity contribution is 7.71. The van der Waals surface area contributed by atoms with Crippen LogP contribution in [0, 0.1) is 4.77 Å². The van der Waals surface area contributed by atoms with Gasteiger partial charge in [-0.05, 0) is 25.1 Å². The molecule has 0 amide bonds. The second-order valence-corrected chi connectivity index (χ2v) is 3.96. The zero-order chi connectivity index (χ0) is 11.7. The minimum Gasteiger partial charge on any atom is -0.365 e. The number of hydrogen-bond donors (Lipinski definition) is 1. The van der Waals surface area contributed by atoms with Crippen LogP contribution >= 0.6 is 12.2 Å². The van der Waals surface area contributed by atoms with Crippen molar-refractivity contribution in [3.05, 3.63) is 26.9 Å². The van der Waals surface area contributed by atoms with Gasteiger partial charge in [-0.1, -0.05) is 0 Å². The van der Waals surface area contributed by atoms with Gasteiger partial charge in [0.15, 0.2) is 11.1 Å². The molecular formula is C9H9BN2O3S. The minimum absolute atomic E-state index is 0.0256. The number of rotatable bonds is 2. The van der Waals surface area contributed by atoms with Crippen LogP contribution in [0.5, 0.6) is 0 Å². The van der Waals surface area contributed by atoms with Crippen molar-refractivity contribution in [2.75, 3.05) is 0 Å². The molecule has 0 aliphatic carbocycles. The van der Waals surface area contributed by atoms with E-state index < -0.39 is 5.56 Å². The average Bonchev–Trinajstić information content (AvgIpc) is 2.65. The van der Waals surface area contributed by atoms with Crippen LogP contribution in [0.2, 0.25) is 0 Å². The van der Waals surface area contributed by atoms with Crippen LogP contribution in [0.1, 0.15) is 29.4 Å². The Bertz CT molecular complexity index is 524. The highest BCUT2D eigenvalue weighted by Crippen LogP contribution is 2.26. The number of aromatic amines is 1. The second kappa shape index (κ2) is 4.35. The Morgan fingerprint density at radius 3 is 2.94 bits per heavy atom. The number of ether oxygens (including phenoxy) is 1. The van der Waals surface area contributed by atoms with Crippen molar-refractivity contribution < 1.29 is 9.53 Å². The van der Waals surface area contributed by atoms with Gasteiger partial charge in [-0.3, -0.25) is 19.1 Å². The molecule has 0 saturated carbocycles. The summed E-state index contributed by atoms with van der Waals surface area (Å²) in [6.07, 6.45) is 3.01. The summed E-state index contributed by atoms with van der Waals surface area (Å²) in [6.45, 7) is 0. The molecule has 5 nitrogen and oxygen atoms in total. The van der Waals surface area contributed by atoms with E-state index in [4.69, 9.17) is 24.8 Å². The number of aromatic nitrogens is 2. The summed E-state index contributed by atoms with van der Waals surface area (Å²) in [7, 11) is 5.60. The number of aldehydes is 1. The van der Waals surface area contributed by atoms with E-state index in [1.54, 1.807) is 4.57 Å². The van der Waals surface area contributed by atoms with Crippen molar-refractivity contribution in [2.45, 2.75) is 25.1 Å². The van der Waals surface area contributed by atoms with E-state index in [1.165, 1.54) is 6.20 Å². The fraction of sp³-hybridized carbons (Fsp3) is 0.444. The SMILES string of the molecule is [B][C@@H]1CC[C@H](n2cc(C=O)c(=O)[nH]c2=S)O1. The van der Waals surface area contributed by atoms with E-state index in [9.17, 15) is 9.59 Å². The van der Waals surface area contributed by atoms with Crippen molar-refractivity contribution in [3.63, 3.8) is 0 Å². The molecule has 16 heavy (non-hydrogen) atoms. The second-order valence-electron chi connectivity index (χ2n) is 3.58. The van der Waals surface area contributed by atoms with Crippen LogP contribution in [0.15, 0.2) is 11.0 Å². The first-order valence-corrected chi connectivity index (χ1v) is 5.24. The lowest BCUT2D eigenvalue weighted by molar-refractivity contribution is 0.0353. The lowest BCUT2D eigenvalue weighted by Gasteiger charge is -2.15. The Kier molecular flexibility index (Phi) is 3.07. The summed E-state index contributed by atoms with van der Waals surface area (Å²) in [4.78, 5) is 24.3. The average molecular weight is 236 g/mol. The molecule has 7 heteroatoms. The third kappa shape index (κ3) is 2.01. The summed E-state index contributed by atoms with van der Waals surface area (Å²) in [6, 6.07) is -0.321. The molecule has 1 aromatic rings.